The minimum Gasteiger partial charge on any atom is -0.390 e. The van der Waals surface area contributed by atoms with Crippen molar-refractivity contribution in [2.45, 2.75) is 31.5 Å². The van der Waals surface area contributed by atoms with Gasteiger partial charge in [0.05, 0.1) is 11.7 Å². The first kappa shape index (κ1) is 6.78. The lowest BCUT2D eigenvalue weighted by molar-refractivity contribution is -0.0380. The second-order valence-electron chi connectivity index (χ2n) is 3.00. The number of aliphatic hydroxyl groups excluding tert-OH is 1. The molecule has 1 rings (SSSR count). The van der Waals surface area contributed by atoms with Gasteiger partial charge in [0.2, 0.25) is 0 Å². The van der Waals surface area contributed by atoms with Gasteiger partial charge in [-0.1, -0.05) is 12.2 Å². The molecular formula is C7H12O2. The van der Waals surface area contributed by atoms with Crippen molar-refractivity contribution in [3.05, 3.63) is 12.2 Å². The summed E-state index contributed by atoms with van der Waals surface area (Å²) >= 11 is 0. The van der Waals surface area contributed by atoms with Gasteiger partial charge in [-0.3, -0.25) is 0 Å². The predicted molar refractivity (Wildman–Crippen MR) is 35.0 cm³/mol. The van der Waals surface area contributed by atoms with E-state index in [0.29, 0.717) is 12.8 Å². The third kappa shape index (κ3) is 1.14. The lowest BCUT2D eigenvalue weighted by atomic mass is 10.0. The number of rotatable bonds is 0. The molecule has 0 radical (unpaired) electrons. The van der Waals surface area contributed by atoms with E-state index in [1.165, 1.54) is 0 Å². The summed E-state index contributed by atoms with van der Waals surface area (Å²) in [5.74, 6) is 0. The van der Waals surface area contributed by atoms with Crippen LogP contribution in [0.2, 0.25) is 0 Å². The van der Waals surface area contributed by atoms with Crippen LogP contribution in [0.5, 0.6) is 0 Å². The molecule has 0 aromatic carbocycles. The molecule has 2 atom stereocenters. The summed E-state index contributed by atoms with van der Waals surface area (Å²) in [5, 5.41) is 18.4. The van der Waals surface area contributed by atoms with E-state index in [2.05, 4.69) is 6.58 Å². The molecule has 2 nitrogen and oxygen atoms in total. The summed E-state index contributed by atoms with van der Waals surface area (Å²) < 4.78 is 0. The van der Waals surface area contributed by atoms with E-state index >= 15 is 0 Å². The Kier molecular flexibility index (Phi) is 1.37. The fourth-order valence-electron chi connectivity index (χ4n) is 1.19. The number of aliphatic hydroxyl groups is 2. The minimum absolute atomic E-state index is 0.536. The zero-order valence-electron chi connectivity index (χ0n) is 5.59. The van der Waals surface area contributed by atoms with Crippen LogP contribution in [0, 0.1) is 0 Å². The van der Waals surface area contributed by atoms with Crippen LogP contribution in [0.15, 0.2) is 12.2 Å². The maximum absolute atomic E-state index is 9.32. The Labute approximate surface area is 54.8 Å². The Bertz CT molecular complexity index is 138. The van der Waals surface area contributed by atoms with Crippen LogP contribution in [0.25, 0.3) is 0 Å². The van der Waals surface area contributed by atoms with Gasteiger partial charge in [0.1, 0.15) is 0 Å². The van der Waals surface area contributed by atoms with E-state index in [-0.39, 0.29) is 0 Å². The van der Waals surface area contributed by atoms with Crippen molar-refractivity contribution in [3.63, 3.8) is 0 Å². The molecule has 0 heterocycles. The van der Waals surface area contributed by atoms with Crippen molar-refractivity contribution >= 4 is 0 Å². The molecule has 1 fully saturated rings. The third-order valence-corrected chi connectivity index (χ3v) is 1.81. The molecule has 9 heavy (non-hydrogen) atoms. The average Bonchev–Trinajstić information content (AvgIpc) is 1.79. The maximum atomic E-state index is 9.32. The van der Waals surface area contributed by atoms with Gasteiger partial charge in [0.25, 0.3) is 0 Å². The lowest BCUT2D eigenvalue weighted by Gasteiger charge is -2.19. The van der Waals surface area contributed by atoms with Gasteiger partial charge in [-0.05, 0) is 19.8 Å². The molecule has 0 aromatic rings. The maximum Gasteiger partial charge on any atom is 0.0917 e. The summed E-state index contributed by atoms with van der Waals surface area (Å²) in [7, 11) is 0. The van der Waals surface area contributed by atoms with E-state index in [4.69, 9.17) is 5.11 Å². The van der Waals surface area contributed by atoms with Gasteiger partial charge in [0, 0.05) is 0 Å². The molecule has 2 unspecified atom stereocenters. The van der Waals surface area contributed by atoms with Crippen LogP contribution in [-0.2, 0) is 0 Å². The first-order chi connectivity index (χ1) is 4.02. The third-order valence-electron chi connectivity index (χ3n) is 1.81. The molecule has 0 spiro atoms. The van der Waals surface area contributed by atoms with E-state index in [1.54, 1.807) is 6.92 Å². The SMILES string of the molecule is C=C1CC(O)C(C)(O)C1. The van der Waals surface area contributed by atoms with Crippen molar-refractivity contribution in [1.29, 1.82) is 0 Å². The van der Waals surface area contributed by atoms with Crippen LogP contribution < -0.4 is 0 Å². The Hall–Kier alpha value is -0.340. The zero-order valence-corrected chi connectivity index (χ0v) is 5.59. The first-order valence-electron chi connectivity index (χ1n) is 3.09. The molecule has 2 N–H and O–H groups in total. The van der Waals surface area contributed by atoms with Crippen molar-refractivity contribution < 1.29 is 10.2 Å². The fourth-order valence-corrected chi connectivity index (χ4v) is 1.19. The average molecular weight is 128 g/mol. The van der Waals surface area contributed by atoms with E-state index in [1.807, 2.05) is 0 Å². The van der Waals surface area contributed by atoms with Crippen LogP contribution in [-0.4, -0.2) is 21.9 Å². The van der Waals surface area contributed by atoms with Gasteiger partial charge < -0.3 is 10.2 Å². The minimum atomic E-state index is -0.920. The highest BCUT2D eigenvalue weighted by Crippen LogP contribution is 2.32. The van der Waals surface area contributed by atoms with Gasteiger partial charge in [-0.2, -0.15) is 0 Å². The van der Waals surface area contributed by atoms with Gasteiger partial charge in [-0.25, -0.2) is 0 Å². The van der Waals surface area contributed by atoms with E-state index in [0.717, 1.165) is 5.57 Å². The highest BCUT2D eigenvalue weighted by atomic mass is 16.3. The highest BCUT2D eigenvalue weighted by Gasteiger charge is 2.37. The highest BCUT2D eigenvalue weighted by molar-refractivity contribution is 5.12. The molecule has 0 bridgehead atoms. The van der Waals surface area contributed by atoms with Crippen LogP contribution in [0.3, 0.4) is 0 Å². The van der Waals surface area contributed by atoms with Crippen molar-refractivity contribution in [2.24, 2.45) is 0 Å². The lowest BCUT2D eigenvalue weighted by Crippen LogP contribution is -2.32. The fraction of sp³-hybridized carbons (Fsp3) is 0.714. The number of hydrogen-bond acceptors (Lipinski definition) is 2. The molecule has 0 amide bonds. The molecule has 52 valence electrons. The Balaban J connectivity index is 2.69. The van der Waals surface area contributed by atoms with Crippen molar-refractivity contribution in [3.8, 4) is 0 Å². The second-order valence-corrected chi connectivity index (χ2v) is 3.00. The zero-order chi connectivity index (χ0) is 7.07. The topological polar surface area (TPSA) is 40.5 Å². The second kappa shape index (κ2) is 1.82. The largest absolute Gasteiger partial charge is 0.390 e. The molecule has 2 heteroatoms. The predicted octanol–water partition coefficient (Wildman–Crippen LogP) is 0.448. The molecule has 0 saturated heterocycles. The standard InChI is InChI=1S/C7H12O2/c1-5-3-6(8)7(2,9)4-5/h6,8-9H,1,3-4H2,2H3. The van der Waals surface area contributed by atoms with Crippen LogP contribution in [0.4, 0.5) is 0 Å². The molecule has 1 aliphatic rings. The Morgan fingerprint density at radius 2 is 2.33 bits per heavy atom. The van der Waals surface area contributed by atoms with Crippen molar-refractivity contribution in [1.82, 2.24) is 0 Å². The van der Waals surface area contributed by atoms with E-state index < -0.39 is 11.7 Å². The Morgan fingerprint density at radius 1 is 1.78 bits per heavy atom. The molecular weight excluding hydrogens is 116 g/mol. The molecule has 0 aromatic heterocycles. The summed E-state index contributed by atoms with van der Waals surface area (Å²) in [4.78, 5) is 0. The quantitative estimate of drug-likeness (QED) is 0.465. The monoisotopic (exact) mass is 128 g/mol. The van der Waals surface area contributed by atoms with Gasteiger partial charge in [-0.15, -0.1) is 0 Å². The molecule has 0 aliphatic heterocycles. The molecule has 1 saturated carbocycles. The summed E-state index contributed by atoms with van der Waals surface area (Å²) in [6.45, 7) is 5.31. The normalized spacial score (nSPS) is 43.9. The summed E-state index contributed by atoms with van der Waals surface area (Å²) in [6, 6.07) is 0. The van der Waals surface area contributed by atoms with Gasteiger partial charge in [0.15, 0.2) is 0 Å². The van der Waals surface area contributed by atoms with Crippen LogP contribution in [0.1, 0.15) is 19.8 Å². The smallest absolute Gasteiger partial charge is 0.0917 e. The van der Waals surface area contributed by atoms with Crippen LogP contribution >= 0.6 is 0 Å². The first-order valence-corrected chi connectivity index (χ1v) is 3.09. The Morgan fingerprint density at radius 3 is 2.44 bits per heavy atom. The molecule has 1 aliphatic carbocycles. The summed E-state index contributed by atoms with van der Waals surface area (Å²) in [6.07, 6.45) is 0.478. The van der Waals surface area contributed by atoms with Gasteiger partial charge >= 0.3 is 0 Å². The summed E-state index contributed by atoms with van der Waals surface area (Å²) in [5.41, 5.74) is 0.0179. The van der Waals surface area contributed by atoms with Crippen molar-refractivity contribution in [2.75, 3.05) is 0 Å². The van der Waals surface area contributed by atoms with E-state index in [9.17, 15) is 5.11 Å². The number of hydrogen-bond donors (Lipinski definition) is 2.